The van der Waals surface area contributed by atoms with E-state index >= 15 is 0 Å². The number of hydrogen-bond donors (Lipinski definition) is 1. The fourth-order valence-corrected chi connectivity index (χ4v) is 2.82. The highest BCUT2D eigenvalue weighted by atomic mass is 19.1. The van der Waals surface area contributed by atoms with Gasteiger partial charge in [0.05, 0.1) is 18.3 Å². The summed E-state index contributed by atoms with van der Waals surface area (Å²) in [6.45, 7) is 1.81. The molecule has 1 amide bonds. The molecule has 0 aliphatic carbocycles. The van der Waals surface area contributed by atoms with Crippen LogP contribution in [-0.4, -0.2) is 25.2 Å². The van der Waals surface area contributed by atoms with Gasteiger partial charge in [0.2, 0.25) is 5.91 Å². The number of nitrogens with zero attached hydrogens (tertiary/aromatic N) is 2. The van der Waals surface area contributed by atoms with Crippen LogP contribution in [0.25, 0.3) is 0 Å². The molecule has 0 spiro atoms. The molecule has 4 nitrogen and oxygen atoms in total. The number of amides is 1. The lowest BCUT2D eigenvalue weighted by atomic mass is 10.1. The van der Waals surface area contributed by atoms with Gasteiger partial charge in [0.15, 0.2) is 0 Å². The van der Waals surface area contributed by atoms with Crippen molar-refractivity contribution >= 4 is 17.8 Å². The Morgan fingerprint density at radius 2 is 1.92 bits per heavy atom. The zero-order valence-corrected chi connectivity index (χ0v) is 13.4. The lowest BCUT2D eigenvalue weighted by molar-refractivity contribution is -0.120. The molecule has 0 bridgehead atoms. The first-order chi connectivity index (χ1) is 11.7. The summed E-state index contributed by atoms with van der Waals surface area (Å²) in [5.41, 5.74) is 4.65. The first kappa shape index (κ1) is 16.2. The van der Waals surface area contributed by atoms with E-state index in [0.29, 0.717) is 11.3 Å². The number of anilines is 1. The summed E-state index contributed by atoms with van der Waals surface area (Å²) in [7, 11) is 0. The average molecular weight is 325 g/mol. The molecule has 2 aromatic carbocycles. The third-order valence-corrected chi connectivity index (χ3v) is 4.03. The van der Waals surface area contributed by atoms with Crippen molar-refractivity contribution in [2.24, 2.45) is 5.10 Å². The van der Waals surface area contributed by atoms with Crippen LogP contribution in [0.5, 0.6) is 0 Å². The molecule has 0 radical (unpaired) electrons. The van der Waals surface area contributed by atoms with Crippen LogP contribution < -0.4 is 10.3 Å². The number of hydrazone groups is 1. The van der Waals surface area contributed by atoms with Gasteiger partial charge in [-0.3, -0.25) is 4.79 Å². The summed E-state index contributed by atoms with van der Waals surface area (Å²) in [4.78, 5) is 13.8. The Morgan fingerprint density at radius 3 is 2.62 bits per heavy atom. The lowest BCUT2D eigenvalue weighted by Gasteiger charge is -2.18. The standard InChI is InChI=1S/C19H20FN3O/c20-17-12-16(8-9-18(17)23-10-4-5-11-23)14-21-22-19(24)13-15-6-2-1-3-7-15/h1-3,6-9,12,14H,4-5,10-11,13H2,(H,22,24)/b21-14-. The molecule has 24 heavy (non-hydrogen) atoms. The number of hydrogen-bond acceptors (Lipinski definition) is 3. The number of rotatable bonds is 5. The summed E-state index contributed by atoms with van der Waals surface area (Å²) in [6.07, 6.45) is 3.94. The van der Waals surface area contributed by atoms with Gasteiger partial charge in [-0.15, -0.1) is 0 Å². The highest BCUT2D eigenvalue weighted by Gasteiger charge is 2.15. The molecule has 3 rings (SSSR count). The van der Waals surface area contributed by atoms with Crippen LogP contribution in [0.2, 0.25) is 0 Å². The predicted octanol–water partition coefficient (Wildman–Crippen LogP) is 3.12. The first-order valence-corrected chi connectivity index (χ1v) is 8.13. The van der Waals surface area contributed by atoms with Gasteiger partial charge in [0.25, 0.3) is 0 Å². The summed E-state index contributed by atoms with van der Waals surface area (Å²) in [5, 5.41) is 3.90. The molecule has 124 valence electrons. The van der Waals surface area contributed by atoms with Crippen LogP contribution in [0.3, 0.4) is 0 Å². The van der Waals surface area contributed by atoms with Crippen molar-refractivity contribution in [2.45, 2.75) is 19.3 Å². The Labute approximate surface area is 141 Å². The van der Waals surface area contributed by atoms with Crippen molar-refractivity contribution in [3.8, 4) is 0 Å². The maximum absolute atomic E-state index is 14.2. The summed E-state index contributed by atoms with van der Waals surface area (Å²) < 4.78 is 14.2. The summed E-state index contributed by atoms with van der Waals surface area (Å²) in [5.74, 6) is -0.455. The maximum atomic E-state index is 14.2. The van der Waals surface area contributed by atoms with Crippen LogP contribution in [0.1, 0.15) is 24.0 Å². The van der Waals surface area contributed by atoms with E-state index < -0.39 is 0 Å². The molecule has 0 aromatic heterocycles. The minimum Gasteiger partial charge on any atom is -0.369 e. The third kappa shape index (κ3) is 4.19. The average Bonchev–Trinajstić information content (AvgIpc) is 3.10. The van der Waals surface area contributed by atoms with E-state index in [-0.39, 0.29) is 18.1 Å². The molecular weight excluding hydrogens is 305 g/mol. The largest absolute Gasteiger partial charge is 0.369 e. The van der Waals surface area contributed by atoms with Crippen molar-refractivity contribution < 1.29 is 9.18 Å². The van der Waals surface area contributed by atoms with Crippen LogP contribution in [0, 0.1) is 5.82 Å². The van der Waals surface area contributed by atoms with Gasteiger partial charge in [0, 0.05) is 13.1 Å². The van der Waals surface area contributed by atoms with Crippen molar-refractivity contribution in [3.63, 3.8) is 0 Å². The van der Waals surface area contributed by atoms with Gasteiger partial charge in [-0.2, -0.15) is 5.10 Å². The SMILES string of the molecule is O=C(Cc1ccccc1)N/N=C\c1ccc(N2CCCC2)c(F)c1. The second-order valence-electron chi connectivity index (χ2n) is 5.86. The van der Waals surface area contributed by atoms with E-state index in [1.54, 1.807) is 6.07 Å². The molecular formula is C19H20FN3O. The highest BCUT2D eigenvalue weighted by molar-refractivity contribution is 5.83. The minimum absolute atomic E-state index is 0.202. The molecule has 0 unspecified atom stereocenters. The summed E-state index contributed by atoms with van der Waals surface area (Å²) in [6, 6.07) is 14.5. The van der Waals surface area contributed by atoms with Gasteiger partial charge in [-0.25, -0.2) is 9.82 Å². The van der Waals surface area contributed by atoms with Crippen molar-refractivity contribution in [1.82, 2.24) is 5.43 Å². The molecule has 2 aromatic rings. The Kier molecular flexibility index (Phi) is 5.21. The molecule has 1 heterocycles. The molecule has 0 saturated carbocycles. The number of nitrogens with one attached hydrogen (secondary N) is 1. The summed E-state index contributed by atoms with van der Waals surface area (Å²) >= 11 is 0. The number of carbonyl (C=O) groups is 1. The van der Waals surface area contributed by atoms with Crippen molar-refractivity contribution in [1.29, 1.82) is 0 Å². The molecule has 1 saturated heterocycles. The zero-order chi connectivity index (χ0) is 16.8. The predicted molar refractivity (Wildman–Crippen MR) is 93.7 cm³/mol. The Morgan fingerprint density at radius 1 is 1.17 bits per heavy atom. The lowest BCUT2D eigenvalue weighted by Crippen LogP contribution is -2.20. The van der Waals surface area contributed by atoms with Gasteiger partial charge in [-0.05, 0) is 36.1 Å². The number of halogens is 1. The topological polar surface area (TPSA) is 44.7 Å². The van der Waals surface area contributed by atoms with E-state index in [2.05, 4.69) is 15.4 Å². The fraction of sp³-hybridized carbons (Fsp3) is 0.263. The van der Waals surface area contributed by atoms with Gasteiger partial charge >= 0.3 is 0 Å². The van der Waals surface area contributed by atoms with E-state index in [9.17, 15) is 9.18 Å². The second-order valence-corrected chi connectivity index (χ2v) is 5.86. The van der Waals surface area contributed by atoms with E-state index in [4.69, 9.17) is 0 Å². The maximum Gasteiger partial charge on any atom is 0.244 e. The van der Waals surface area contributed by atoms with E-state index in [1.807, 2.05) is 36.4 Å². The van der Waals surface area contributed by atoms with Crippen LogP contribution >= 0.6 is 0 Å². The quantitative estimate of drug-likeness (QED) is 0.678. The van der Waals surface area contributed by atoms with Crippen molar-refractivity contribution in [2.75, 3.05) is 18.0 Å². The molecule has 1 aliphatic heterocycles. The molecule has 1 aliphatic rings. The minimum atomic E-state index is -0.253. The second kappa shape index (κ2) is 7.73. The number of carbonyl (C=O) groups excluding carboxylic acids is 1. The number of benzene rings is 2. The van der Waals surface area contributed by atoms with Crippen molar-refractivity contribution in [3.05, 3.63) is 65.5 Å². The van der Waals surface area contributed by atoms with Gasteiger partial charge in [0.1, 0.15) is 5.82 Å². The highest BCUT2D eigenvalue weighted by Crippen LogP contribution is 2.23. The van der Waals surface area contributed by atoms with Gasteiger partial charge < -0.3 is 4.90 Å². The van der Waals surface area contributed by atoms with Gasteiger partial charge in [-0.1, -0.05) is 36.4 Å². The van der Waals surface area contributed by atoms with Crippen LogP contribution in [0.4, 0.5) is 10.1 Å². The molecule has 1 fully saturated rings. The molecule has 5 heteroatoms. The zero-order valence-electron chi connectivity index (χ0n) is 13.4. The van der Waals surface area contributed by atoms with Crippen LogP contribution in [-0.2, 0) is 11.2 Å². The normalized spacial score (nSPS) is 14.3. The Bertz CT molecular complexity index is 725. The Hall–Kier alpha value is -2.69. The van der Waals surface area contributed by atoms with E-state index in [1.165, 1.54) is 12.3 Å². The van der Waals surface area contributed by atoms with E-state index in [0.717, 1.165) is 31.5 Å². The fourth-order valence-electron chi connectivity index (χ4n) is 2.82. The Balaban J connectivity index is 1.56. The first-order valence-electron chi connectivity index (χ1n) is 8.13. The third-order valence-electron chi connectivity index (χ3n) is 4.03. The molecule has 0 atom stereocenters. The molecule has 1 N–H and O–H groups in total. The monoisotopic (exact) mass is 325 g/mol. The smallest absolute Gasteiger partial charge is 0.244 e. The van der Waals surface area contributed by atoms with Crippen LogP contribution in [0.15, 0.2) is 53.6 Å².